The molecule has 0 saturated carbocycles. The van der Waals surface area contributed by atoms with Crippen molar-refractivity contribution in [1.29, 1.82) is 0 Å². The Balaban J connectivity index is 0.873. The van der Waals surface area contributed by atoms with E-state index in [1.54, 1.807) is 0 Å². The van der Waals surface area contributed by atoms with Gasteiger partial charge < -0.3 is 19.1 Å². The smallest absolute Gasteiger partial charge is 0.268 e. The second-order valence-corrected chi connectivity index (χ2v) is 29.5. The molecule has 0 spiro atoms. The summed E-state index contributed by atoms with van der Waals surface area (Å²) in [4.78, 5) is 5.00. The molecule has 0 radical (unpaired) electrons. The molecule has 19 rings (SSSR count). The average molecular weight is 1250 g/mol. The Morgan fingerprint density at radius 1 is 0.385 bits per heavy atom. The van der Waals surface area contributed by atoms with Crippen molar-refractivity contribution in [3.8, 4) is 50.6 Å². The maximum Gasteiger partial charge on any atom is 0.268 e. The number of benzene rings is 15. The van der Waals surface area contributed by atoms with E-state index >= 15 is 0 Å². The highest BCUT2D eigenvalue weighted by Crippen LogP contribution is 2.52. The van der Waals surface area contributed by atoms with Crippen LogP contribution in [0, 0.1) is 0 Å². The van der Waals surface area contributed by atoms with Crippen LogP contribution in [0.25, 0.3) is 114 Å². The summed E-state index contributed by atoms with van der Waals surface area (Å²) < 4.78 is 12.7. The van der Waals surface area contributed by atoms with E-state index in [0.717, 1.165) is 78.8 Å². The SMILES string of the molecule is CC(C)(C)c1cc2ccc3cc(C(C)(C)C)cc4c(-c5cccc(-c6cc7c8c(c6)N(c6ccccc6-c6ccccc6)c6c(sc9cc(-n%10c%11ccccc%11c%11ccccc%11%10)ccc69)B8c6ccc(N(c8ccccc8)c8cccc9ccccc89)cc6O7)c5)cc(c1)c2c34. The fraction of sp³-hybridized carbons (Fsp3) is 0.0889. The van der Waals surface area contributed by atoms with Crippen LogP contribution in [0.4, 0.5) is 34.1 Å². The molecule has 456 valence electrons. The molecular formula is C90H66BN3OS. The Bertz CT molecular complexity index is 5990. The molecule has 0 atom stereocenters. The van der Waals surface area contributed by atoms with Gasteiger partial charge in [0.1, 0.15) is 11.5 Å². The molecule has 6 heteroatoms. The molecule has 0 aliphatic carbocycles. The molecule has 4 heterocycles. The highest BCUT2D eigenvalue weighted by Gasteiger charge is 2.45. The van der Waals surface area contributed by atoms with Gasteiger partial charge in [0, 0.05) is 65.4 Å². The first kappa shape index (κ1) is 56.4. The second kappa shape index (κ2) is 21.2. The highest BCUT2D eigenvalue weighted by molar-refractivity contribution is 7.33. The standard InChI is InChI=1S/C90H66BN3OS/c1-89(2,3)63-46-59-39-40-60-47-64(90(4,5)6)52-74-73(49-62(48-63)84(59)85(60)74)58-28-21-27-57(45-58)61-50-80-86-82(51-61)95-81-53-66(92(65-29-11-8-12-30-65)76-38-22-26-56-25-13-14-31-68(56)76)42-44-75(81)91(86)88-87(94(80)77-35-18-15-32-69(77)55-23-9-7-10-24-55)72-43-41-67(54-83(72)96-88)93-78-36-19-16-33-70(78)71-34-17-20-37-79(71)93/h7-54H,1-6H3. The van der Waals surface area contributed by atoms with Crippen molar-refractivity contribution in [1.82, 2.24) is 4.57 Å². The van der Waals surface area contributed by atoms with Crippen LogP contribution in [-0.4, -0.2) is 11.3 Å². The van der Waals surface area contributed by atoms with E-state index in [-0.39, 0.29) is 17.5 Å². The average Bonchev–Trinajstić information content (AvgIpc) is 1.24. The molecule has 4 nitrogen and oxygen atoms in total. The molecule has 96 heavy (non-hydrogen) atoms. The summed E-state index contributed by atoms with van der Waals surface area (Å²) in [5.74, 6) is 1.69. The van der Waals surface area contributed by atoms with Crippen LogP contribution in [0.2, 0.25) is 0 Å². The van der Waals surface area contributed by atoms with E-state index in [4.69, 9.17) is 4.74 Å². The number of hydrogen-bond acceptors (Lipinski definition) is 4. The molecule has 2 aliphatic heterocycles. The molecule has 0 bridgehead atoms. The van der Waals surface area contributed by atoms with Crippen LogP contribution in [0.5, 0.6) is 11.5 Å². The quantitative estimate of drug-likeness (QED) is 0.112. The first-order chi connectivity index (χ1) is 46.9. The molecule has 0 fully saturated rings. The normalized spacial score (nSPS) is 12.9. The van der Waals surface area contributed by atoms with Crippen molar-refractivity contribution in [2.75, 3.05) is 9.80 Å². The fourth-order valence-electron chi connectivity index (χ4n) is 15.9. The number of anilines is 6. The summed E-state index contributed by atoms with van der Waals surface area (Å²) in [7, 11) is 0. The summed E-state index contributed by atoms with van der Waals surface area (Å²) in [5, 5.41) is 13.9. The Morgan fingerprint density at radius 2 is 1.02 bits per heavy atom. The molecule has 15 aromatic carbocycles. The summed E-state index contributed by atoms with van der Waals surface area (Å²) in [5.41, 5.74) is 21.9. The molecular weight excluding hydrogens is 1180 g/mol. The minimum atomic E-state index is -0.175. The maximum atomic E-state index is 7.75. The first-order valence-electron chi connectivity index (χ1n) is 33.6. The van der Waals surface area contributed by atoms with E-state index in [1.165, 1.54) is 108 Å². The van der Waals surface area contributed by atoms with Crippen LogP contribution in [0.1, 0.15) is 52.7 Å². The Labute approximate surface area is 563 Å². The lowest BCUT2D eigenvalue weighted by Gasteiger charge is -2.40. The lowest BCUT2D eigenvalue weighted by atomic mass is 9.37. The van der Waals surface area contributed by atoms with Gasteiger partial charge in [-0.3, -0.25) is 0 Å². The number of hydrogen-bond donors (Lipinski definition) is 0. The van der Waals surface area contributed by atoms with Gasteiger partial charge in [-0.05, 0) is 189 Å². The van der Waals surface area contributed by atoms with Crippen molar-refractivity contribution in [3.63, 3.8) is 0 Å². The molecule has 17 aromatic rings. The topological polar surface area (TPSA) is 20.6 Å². The minimum absolute atomic E-state index is 0.0279. The van der Waals surface area contributed by atoms with Crippen molar-refractivity contribution >= 4 is 143 Å². The van der Waals surface area contributed by atoms with Gasteiger partial charge in [-0.25, -0.2) is 0 Å². The molecule has 2 aliphatic rings. The van der Waals surface area contributed by atoms with Gasteiger partial charge >= 0.3 is 0 Å². The minimum Gasteiger partial charge on any atom is -0.458 e. The predicted molar refractivity (Wildman–Crippen MR) is 412 cm³/mol. The second-order valence-electron chi connectivity index (χ2n) is 28.4. The first-order valence-corrected chi connectivity index (χ1v) is 34.4. The van der Waals surface area contributed by atoms with E-state index in [1.807, 2.05) is 11.3 Å². The number of rotatable bonds is 8. The lowest BCUT2D eigenvalue weighted by Crippen LogP contribution is -2.58. The van der Waals surface area contributed by atoms with E-state index in [0.29, 0.717) is 0 Å². The zero-order valence-corrected chi connectivity index (χ0v) is 55.3. The predicted octanol–water partition coefficient (Wildman–Crippen LogP) is 23.5. The Kier molecular flexibility index (Phi) is 12.4. The van der Waals surface area contributed by atoms with Crippen molar-refractivity contribution in [3.05, 3.63) is 302 Å². The van der Waals surface area contributed by atoms with Gasteiger partial charge in [-0.15, -0.1) is 11.3 Å². The number of fused-ring (bicyclic) bond motifs is 10. The third kappa shape index (κ3) is 8.74. The molecule has 2 aromatic heterocycles. The zero-order valence-electron chi connectivity index (χ0n) is 54.4. The number of aromatic nitrogens is 1. The largest absolute Gasteiger partial charge is 0.458 e. The van der Waals surface area contributed by atoms with Crippen LogP contribution in [-0.2, 0) is 10.8 Å². The van der Waals surface area contributed by atoms with Crippen LogP contribution < -0.4 is 30.2 Å². The van der Waals surface area contributed by atoms with E-state index in [2.05, 4.69) is 347 Å². The molecule has 0 N–H and O–H groups in total. The summed E-state index contributed by atoms with van der Waals surface area (Å²) in [6.45, 7) is 13.8. The fourth-order valence-corrected chi connectivity index (χ4v) is 17.3. The summed E-state index contributed by atoms with van der Waals surface area (Å²) >= 11 is 1.92. The molecule has 0 unspecified atom stereocenters. The van der Waals surface area contributed by atoms with Crippen molar-refractivity contribution < 1.29 is 4.74 Å². The maximum absolute atomic E-state index is 7.75. The monoisotopic (exact) mass is 1250 g/mol. The van der Waals surface area contributed by atoms with Crippen molar-refractivity contribution in [2.45, 2.75) is 52.4 Å². The Hall–Kier alpha value is -11.2. The highest BCUT2D eigenvalue weighted by atomic mass is 32.1. The number of ether oxygens (including phenoxy) is 1. The van der Waals surface area contributed by atoms with Gasteiger partial charge in [0.05, 0.1) is 28.1 Å². The zero-order chi connectivity index (χ0) is 64.3. The third-order valence-corrected chi connectivity index (χ3v) is 21.8. The lowest BCUT2D eigenvalue weighted by molar-refractivity contribution is 0.488. The van der Waals surface area contributed by atoms with E-state index < -0.39 is 0 Å². The third-order valence-electron chi connectivity index (χ3n) is 20.6. The van der Waals surface area contributed by atoms with Gasteiger partial charge in [-0.1, -0.05) is 236 Å². The molecule has 0 amide bonds. The van der Waals surface area contributed by atoms with Crippen LogP contribution in [0.15, 0.2) is 291 Å². The Morgan fingerprint density at radius 3 is 1.79 bits per heavy atom. The number of para-hydroxylation sites is 4. The van der Waals surface area contributed by atoms with Crippen LogP contribution >= 0.6 is 11.3 Å². The number of nitrogens with zero attached hydrogens (tertiary/aromatic N) is 3. The number of thiophene rings is 1. The summed E-state index contributed by atoms with van der Waals surface area (Å²) in [6, 6.07) is 109. The van der Waals surface area contributed by atoms with Gasteiger partial charge in [0.25, 0.3) is 6.71 Å². The van der Waals surface area contributed by atoms with Crippen LogP contribution in [0.3, 0.4) is 0 Å². The van der Waals surface area contributed by atoms with Gasteiger partial charge in [0.2, 0.25) is 0 Å². The van der Waals surface area contributed by atoms with Gasteiger partial charge in [0.15, 0.2) is 0 Å². The van der Waals surface area contributed by atoms with Gasteiger partial charge in [-0.2, -0.15) is 0 Å². The van der Waals surface area contributed by atoms with E-state index in [9.17, 15) is 0 Å². The molecule has 0 saturated heterocycles. The van der Waals surface area contributed by atoms with Crippen molar-refractivity contribution in [2.24, 2.45) is 0 Å². The summed E-state index contributed by atoms with van der Waals surface area (Å²) in [6.07, 6.45) is 0.